The molecule has 3 aromatic carbocycles. The number of hydrogen-bond donors (Lipinski definition) is 2. The van der Waals surface area contributed by atoms with Gasteiger partial charge in [-0.3, -0.25) is 10.2 Å². The van der Waals surface area contributed by atoms with E-state index in [1.54, 1.807) is 30.6 Å². The number of benzene rings is 3. The van der Waals surface area contributed by atoms with Gasteiger partial charge >= 0.3 is 0 Å². The van der Waals surface area contributed by atoms with Crippen LogP contribution in [0.15, 0.2) is 95.1 Å². The van der Waals surface area contributed by atoms with Crippen LogP contribution in [0, 0.1) is 0 Å². The average molecular weight is 442 g/mol. The second-order valence-electron chi connectivity index (χ2n) is 6.93. The number of nitrogens with zero attached hydrogens (tertiary/aromatic N) is 3. The maximum absolute atomic E-state index is 12.8. The molecule has 0 radical (unpaired) electrons. The van der Waals surface area contributed by atoms with Gasteiger partial charge in [0.15, 0.2) is 0 Å². The summed E-state index contributed by atoms with van der Waals surface area (Å²) in [7, 11) is 0. The molecule has 7 heteroatoms. The molecule has 0 bridgehead atoms. The monoisotopic (exact) mass is 441 g/mol. The molecule has 0 atom stereocenters. The Morgan fingerprint density at radius 3 is 2.59 bits per heavy atom. The van der Waals surface area contributed by atoms with Gasteiger partial charge in [0.25, 0.3) is 5.91 Å². The molecule has 0 fully saturated rings. The molecule has 1 heterocycles. The van der Waals surface area contributed by atoms with Crippen molar-refractivity contribution in [2.45, 2.75) is 6.42 Å². The lowest BCUT2D eigenvalue weighted by Gasteiger charge is -2.07. The summed E-state index contributed by atoms with van der Waals surface area (Å²) in [6, 6.07) is 26.3. The third kappa shape index (κ3) is 5.56. The van der Waals surface area contributed by atoms with E-state index in [9.17, 15) is 4.79 Å². The van der Waals surface area contributed by atoms with Crippen molar-refractivity contribution in [2.24, 2.45) is 10.2 Å². The molecule has 0 aliphatic heterocycles. The number of hydrogen-bond acceptors (Lipinski definition) is 5. The molecule has 0 saturated heterocycles. The Morgan fingerprint density at radius 1 is 0.938 bits per heavy atom. The van der Waals surface area contributed by atoms with Crippen molar-refractivity contribution < 1.29 is 4.79 Å². The van der Waals surface area contributed by atoms with Crippen molar-refractivity contribution in [3.8, 4) is 0 Å². The fraction of sp³-hybridized carbons (Fsp3) is 0.0400. The molecule has 158 valence electrons. The Balaban J connectivity index is 1.51. The number of carbonyl (C=O) groups excluding carboxylic acids is 1. The van der Waals surface area contributed by atoms with E-state index in [0.29, 0.717) is 28.2 Å². The number of nitrogens with one attached hydrogen (secondary N) is 2. The molecule has 0 spiro atoms. The van der Waals surface area contributed by atoms with E-state index in [1.807, 2.05) is 66.7 Å². The van der Waals surface area contributed by atoms with Crippen molar-refractivity contribution in [1.29, 1.82) is 0 Å². The van der Waals surface area contributed by atoms with Crippen molar-refractivity contribution in [1.82, 2.24) is 10.4 Å². The Bertz CT molecular complexity index is 1290. The molecule has 0 aliphatic carbocycles. The Kier molecular flexibility index (Phi) is 6.84. The number of hydrazone groups is 2. The van der Waals surface area contributed by atoms with Crippen LogP contribution in [0.4, 0.5) is 5.69 Å². The van der Waals surface area contributed by atoms with Gasteiger partial charge in [-0.25, -0.2) is 10.4 Å². The van der Waals surface area contributed by atoms with Gasteiger partial charge in [-0.2, -0.15) is 10.2 Å². The minimum absolute atomic E-state index is 0.314. The van der Waals surface area contributed by atoms with E-state index in [1.165, 1.54) is 0 Å². The van der Waals surface area contributed by atoms with Crippen molar-refractivity contribution in [3.63, 3.8) is 0 Å². The van der Waals surface area contributed by atoms with Gasteiger partial charge in [-0.1, -0.05) is 66.2 Å². The van der Waals surface area contributed by atoms with Crippen LogP contribution in [0.5, 0.6) is 0 Å². The number of para-hydroxylation sites is 1. The topological polar surface area (TPSA) is 78.7 Å². The van der Waals surface area contributed by atoms with E-state index in [2.05, 4.69) is 26.0 Å². The summed E-state index contributed by atoms with van der Waals surface area (Å²) in [6.07, 6.45) is 3.86. The molecule has 0 unspecified atom stereocenters. The van der Waals surface area contributed by atoms with Gasteiger partial charge in [0.1, 0.15) is 0 Å². The molecule has 1 amide bonds. The predicted octanol–water partition coefficient (Wildman–Crippen LogP) is 5.29. The zero-order valence-corrected chi connectivity index (χ0v) is 17.8. The number of anilines is 1. The van der Waals surface area contributed by atoms with Gasteiger partial charge in [0.2, 0.25) is 0 Å². The smallest absolute Gasteiger partial charge is 0.272 e. The summed E-state index contributed by atoms with van der Waals surface area (Å²) in [6.45, 7) is 0. The normalized spacial score (nSPS) is 11.3. The number of halogens is 1. The predicted molar refractivity (Wildman–Crippen MR) is 131 cm³/mol. The molecule has 32 heavy (non-hydrogen) atoms. The molecular formula is C25H20ClN5O. The first-order chi connectivity index (χ1) is 15.7. The lowest BCUT2D eigenvalue weighted by Crippen LogP contribution is -2.18. The van der Waals surface area contributed by atoms with Crippen molar-refractivity contribution in [2.75, 3.05) is 5.43 Å². The molecule has 1 aromatic heterocycles. The first-order valence-corrected chi connectivity index (χ1v) is 10.4. The van der Waals surface area contributed by atoms with Crippen LogP contribution in [0.1, 0.15) is 21.6 Å². The summed E-state index contributed by atoms with van der Waals surface area (Å²) in [5.74, 6) is -0.314. The molecule has 6 nitrogen and oxygen atoms in total. The summed E-state index contributed by atoms with van der Waals surface area (Å²) >= 11 is 5.99. The summed E-state index contributed by atoms with van der Waals surface area (Å²) in [4.78, 5) is 17.4. The minimum atomic E-state index is -0.314. The highest BCUT2D eigenvalue weighted by atomic mass is 35.5. The molecule has 2 N–H and O–H groups in total. The summed E-state index contributed by atoms with van der Waals surface area (Å²) in [5.41, 5.74) is 9.08. The number of fused-ring (bicyclic) bond motifs is 1. The standard InChI is InChI=1S/C25H20ClN5O/c26-19-9-6-10-20(15-19)30-28-17-21-16-23(22-11-4-5-12-24(22)29-21)25(32)31-27-14-13-18-7-2-1-3-8-18/h1-12,14-17,30H,13H2,(H,31,32)/b27-14+,28-17+. The third-order valence-corrected chi connectivity index (χ3v) is 4.86. The minimum Gasteiger partial charge on any atom is -0.278 e. The molecule has 4 aromatic rings. The molecule has 4 rings (SSSR count). The Hall–Kier alpha value is -4.03. The number of rotatable bonds is 7. The Labute approximate surface area is 190 Å². The van der Waals surface area contributed by atoms with Crippen LogP contribution in [0.25, 0.3) is 10.9 Å². The van der Waals surface area contributed by atoms with E-state index in [4.69, 9.17) is 11.6 Å². The first-order valence-electron chi connectivity index (χ1n) is 9.99. The highest BCUT2D eigenvalue weighted by Crippen LogP contribution is 2.18. The number of carbonyl (C=O) groups is 1. The number of pyridine rings is 1. The van der Waals surface area contributed by atoms with Crippen LogP contribution >= 0.6 is 11.6 Å². The zero-order valence-electron chi connectivity index (χ0n) is 17.1. The molecular weight excluding hydrogens is 422 g/mol. The average Bonchev–Trinajstić information content (AvgIpc) is 2.82. The van der Waals surface area contributed by atoms with Gasteiger partial charge in [-0.05, 0) is 35.9 Å². The van der Waals surface area contributed by atoms with Gasteiger partial charge in [0, 0.05) is 23.0 Å². The highest BCUT2D eigenvalue weighted by molar-refractivity contribution is 6.30. The van der Waals surface area contributed by atoms with Crippen molar-refractivity contribution in [3.05, 3.63) is 107 Å². The fourth-order valence-electron chi connectivity index (χ4n) is 3.11. The van der Waals surface area contributed by atoms with E-state index >= 15 is 0 Å². The van der Waals surface area contributed by atoms with Crippen LogP contribution in [0.3, 0.4) is 0 Å². The zero-order chi connectivity index (χ0) is 22.2. The third-order valence-electron chi connectivity index (χ3n) is 4.62. The first kappa shape index (κ1) is 21.2. The maximum Gasteiger partial charge on any atom is 0.272 e. The van der Waals surface area contributed by atoms with Crippen LogP contribution in [-0.2, 0) is 6.42 Å². The quantitative estimate of drug-likeness (QED) is 0.302. The van der Waals surface area contributed by atoms with Crippen molar-refractivity contribution >= 4 is 46.5 Å². The number of amides is 1. The van der Waals surface area contributed by atoms with Gasteiger partial charge in [0.05, 0.1) is 28.7 Å². The largest absolute Gasteiger partial charge is 0.278 e. The van der Waals surface area contributed by atoms with E-state index < -0.39 is 0 Å². The lowest BCUT2D eigenvalue weighted by molar-refractivity contribution is 0.0956. The van der Waals surface area contributed by atoms with E-state index in [0.717, 1.165) is 16.6 Å². The van der Waals surface area contributed by atoms with Gasteiger partial charge in [-0.15, -0.1) is 0 Å². The molecule has 0 aliphatic rings. The number of aromatic nitrogens is 1. The van der Waals surface area contributed by atoms with E-state index in [-0.39, 0.29) is 5.91 Å². The SMILES string of the molecule is O=C(N/N=C/Cc1ccccc1)c1cc(/C=N/Nc2cccc(Cl)c2)nc2ccccc12. The summed E-state index contributed by atoms with van der Waals surface area (Å²) in [5, 5.41) is 9.65. The second-order valence-corrected chi connectivity index (χ2v) is 7.37. The second kappa shape index (κ2) is 10.3. The Morgan fingerprint density at radius 2 is 1.75 bits per heavy atom. The fourth-order valence-corrected chi connectivity index (χ4v) is 3.30. The van der Waals surface area contributed by atoms with Crippen LogP contribution < -0.4 is 10.9 Å². The van der Waals surface area contributed by atoms with Crippen LogP contribution in [-0.4, -0.2) is 23.3 Å². The van der Waals surface area contributed by atoms with Crippen LogP contribution in [0.2, 0.25) is 5.02 Å². The lowest BCUT2D eigenvalue weighted by atomic mass is 10.1. The summed E-state index contributed by atoms with van der Waals surface area (Å²) < 4.78 is 0. The highest BCUT2D eigenvalue weighted by Gasteiger charge is 2.12. The molecule has 0 saturated carbocycles. The maximum atomic E-state index is 12.8. The van der Waals surface area contributed by atoms with Gasteiger partial charge < -0.3 is 0 Å².